The normalized spacial score (nSPS) is 15.6. The average Bonchev–Trinajstić information content (AvgIpc) is 2.85. The van der Waals surface area contributed by atoms with Gasteiger partial charge in [0.25, 0.3) is 5.91 Å². The van der Waals surface area contributed by atoms with E-state index < -0.39 is 11.4 Å². The molecule has 0 saturated carbocycles. The summed E-state index contributed by atoms with van der Waals surface area (Å²) in [5.41, 5.74) is 0.0865. The molecule has 0 atom stereocenters. The quantitative estimate of drug-likeness (QED) is 0.623. The number of ether oxygens (including phenoxy) is 1. The number of hydrogen-bond acceptors (Lipinski definition) is 6. The molecule has 1 saturated heterocycles. The van der Waals surface area contributed by atoms with Gasteiger partial charge in [0.2, 0.25) is 0 Å². The molecule has 0 aliphatic carbocycles. The fourth-order valence-electron chi connectivity index (χ4n) is 3.09. The third-order valence-corrected chi connectivity index (χ3v) is 4.90. The molecular formula is C19H17FN4O3S. The second kappa shape index (κ2) is 7.07. The van der Waals surface area contributed by atoms with Gasteiger partial charge in [0.05, 0.1) is 18.4 Å². The van der Waals surface area contributed by atoms with Crippen molar-refractivity contribution in [2.75, 3.05) is 16.9 Å². The van der Waals surface area contributed by atoms with Gasteiger partial charge in [0.1, 0.15) is 17.4 Å². The molecule has 1 heterocycles. The SMILES string of the molecule is COc1cc(N2C(=O)C(C)(C)N(c3ccc(ON)c(F)c3)C2=S)ccc1C#N. The number of rotatable bonds is 4. The van der Waals surface area contributed by atoms with Gasteiger partial charge in [-0.3, -0.25) is 9.69 Å². The summed E-state index contributed by atoms with van der Waals surface area (Å²) in [5, 5.41) is 9.32. The fourth-order valence-corrected chi connectivity index (χ4v) is 3.61. The highest BCUT2D eigenvalue weighted by Crippen LogP contribution is 2.38. The van der Waals surface area contributed by atoms with E-state index in [4.69, 9.17) is 28.1 Å². The highest BCUT2D eigenvalue weighted by atomic mass is 32.1. The van der Waals surface area contributed by atoms with Crippen LogP contribution >= 0.6 is 12.2 Å². The average molecular weight is 400 g/mol. The van der Waals surface area contributed by atoms with Crippen molar-refractivity contribution in [3.63, 3.8) is 0 Å². The van der Waals surface area contributed by atoms with Crippen LogP contribution in [0.1, 0.15) is 19.4 Å². The summed E-state index contributed by atoms with van der Waals surface area (Å²) < 4.78 is 19.4. The van der Waals surface area contributed by atoms with E-state index in [0.717, 1.165) is 0 Å². The van der Waals surface area contributed by atoms with E-state index >= 15 is 0 Å². The summed E-state index contributed by atoms with van der Waals surface area (Å²) in [5.74, 6) is 4.25. The third-order valence-electron chi connectivity index (χ3n) is 4.53. The standard InChI is InChI=1S/C19H17FN4O3S/c1-19(2)17(25)23(12-5-4-11(10-21)16(9-12)26-3)18(28)24(19)13-6-7-15(27-22)14(20)8-13/h4-9H,22H2,1-3H3. The first-order valence-electron chi connectivity index (χ1n) is 8.19. The molecule has 1 aliphatic rings. The molecule has 2 N–H and O–H groups in total. The Morgan fingerprint density at radius 2 is 1.86 bits per heavy atom. The number of nitrogens with two attached hydrogens (primary N) is 1. The topological polar surface area (TPSA) is 91.8 Å². The number of hydrogen-bond donors (Lipinski definition) is 1. The second-order valence-corrected chi connectivity index (χ2v) is 6.91. The third kappa shape index (κ3) is 2.93. The minimum atomic E-state index is -1.07. The summed E-state index contributed by atoms with van der Waals surface area (Å²) >= 11 is 5.54. The number of halogens is 1. The number of thiocarbonyl (C=S) groups is 1. The van der Waals surface area contributed by atoms with Gasteiger partial charge in [-0.2, -0.15) is 11.2 Å². The van der Waals surface area contributed by atoms with Crippen molar-refractivity contribution in [1.82, 2.24) is 0 Å². The van der Waals surface area contributed by atoms with Crippen LogP contribution in [0.5, 0.6) is 11.5 Å². The maximum atomic E-state index is 14.2. The van der Waals surface area contributed by atoms with Crippen molar-refractivity contribution in [3.05, 3.63) is 47.8 Å². The lowest BCUT2D eigenvalue weighted by molar-refractivity contribution is -0.120. The number of nitriles is 1. The Bertz CT molecular complexity index is 1020. The Hall–Kier alpha value is -3.22. The van der Waals surface area contributed by atoms with Crippen LogP contribution < -0.4 is 25.3 Å². The van der Waals surface area contributed by atoms with Crippen LogP contribution in [-0.2, 0) is 4.79 Å². The lowest BCUT2D eigenvalue weighted by Crippen LogP contribution is -2.44. The van der Waals surface area contributed by atoms with Crippen LogP contribution in [0.25, 0.3) is 0 Å². The molecule has 2 aromatic rings. The van der Waals surface area contributed by atoms with Gasteiger partial charge in [-0.25, -0.2) is 4.39 Å². The first-order chi connectivity index (χ1) is 13.3. The van der Waals surface area contributed by atoms with Crippen molar-refractivity contribution in [2.24, 2.45) is 5.90 Å². The van der Waals surface area contributed by atoms with Gasteiger partial charge in [-0.15, -0.1) is 0 Å². The van der Waals surface area contributed by atoms with E-state index in [1.807, 2.05) is 6.07 Å². The zero-order chi connectivity index (χ0) is 20.6. The van der Waals surface area contributed by atoms with E-state index in [1.165, 1.54) is 24.1 Å². The van der Waals surface area contributed by atoms with Crippen LogP contribution in [0.3, 0.4) is 0 Å². The molecule has 2 aromatic carbocycles. The van der Waals surface area contributed by atoms with Gasteiger partial charge < -0.3 is 14.5 Å². The molecule has 0 aromatic heterocycles. The molecule has 0 unspecified atom stereocenters. The van der Waals surface area contributed by atoms with Crippen LogP contribution in [-0.4, -0.2) is 23.7 Å². The van der Waals surface area contributed by atoms with E-state index in [2.05, 4.69) is 4.84 Å². The Kier molecular flexibility index (Phi) is 4.93. The lowest BCUT2D eigenvalue weighted by Gasteiger charge is -2.29. The molecule has 1 amide bonds. The Labute approximate surface area is 166 Å². The lowest BCUT2D eigenvalue weighted by atomic mass is 10.0. The number of nitrogens with zero attached hydrogens (tertiary/aromatic N) is 3. The number of anilines is 2. The molecule has 28 heavy (non-hydrogen) atoms. The summed E-state index contributed by atoms with van der Waals surface area (Å²) in [7, 11) is 1.43. The van der Waals surface area contributed by atoms with E-state index in [-0.39, 0.29) is 16.8 Å². The molecule has 3 rings (SSSR count). The van der Waals surface area contributed by atoms with Crippen LogP contribution in [0, 0.1) is 17.1 Å². The highest BCUT2D eigenvalue weighted by Gasteiger charge is 2.50. The molecular weight excluding hydrogens is 383 g/mol. The zero-order valence-corrected chi connectivity index (χ0v) is 16.2. The number of benzene rings is 2. The Balaban J connectivity index is 2.08. The molecule has 1 aliphatic heterocycles. The molecule has 1 fully saturated rings. The van der Waals surface area contributed by atoms with Crippen molar-refractivity contribution in [2.45, 2.75) is 19.4 Å². The summed E-state index contributed by atoms with van der Waals surface area (Å²) in [6, 6.07) is 10.9. The Morgan fingerprint density at radius 1 is 1.18 bits per heavy atom. The largest absolute Gasteiger partial charge is 0.495 e. The van der Waals surface area contributed by atoms with Gasteiger partial charge >= 0.3 is 0 Å². The monoisotopic (exact) mass is 400 g/mol. The number of amides is 1. The van der Waals surface area contributed by atoms with Crippen LogP contribution in [0.2, 0.25) is 0 Å². The van der Waals surface area contributed by atoms with E-state index in [0.29, 0.717) is 22.7 Å². The van der Waals surface area contributed by atoms with Crippen LogP contribution in [0.15, 0.2) is 36.4 Å². The molecule has 9 heteroatoms. The molecule has 0 bridgehead atoms. The summed E-state index contributed by atoms with van der Waals surface area (Å²) in [6.45, 7) is 3.38. The fraction of sp³-hybridized carbons (Fsp3) is 0.211. The molecule has 0 spiro atoms. The predicted octanol–water partition coefficient (Wildman–Crippen LogP) is 2.88. The minimum Gasteiger partial charge on any atom is -0.495 e. The Morgan fingerprint density at radius 3 is 2.43 bits per heavy atom. The minimum absolute atomic E-state index is 0.119. The number of carbonyl (C=O) groups is 1. The van der Waals surface area contributed by atoms with Gasteiger partial charge in [0, 0.05) is 17.8 Å². The summed E-state index contributed by atoms with van der Waals surface area (Å²) in [6.07, 6.45) is 0. The zero-order valence-electron chi connectivity index (χ0n) is 15.4. The first kappa shape index (κ1) is 19.5. The molecule has 7 nitrogen and oxygen atoms in total. The number of carbonyl (C=O) groups excluding carboxylic acids is 1. The maximum Gasteiger partial charge on any atom is 0.259 e. The first-order valence-corrected chi connectivity index (χ1v) is 8.60. The van der Waals surface area contributed by atoms with Crippen LogP contribution in [0.4, 0.5) is 15.8 Å². The van der Waals surface area contributed by atoms with E-state index in [1.54, 1.807) is 43.0 Å². The van der Waals surface area contributed by atoms with Gasteiger partial charge in [0.15, 0.2) is 16.7 Å². The molecule has 144 valence electrons. The smallest absolute Gasteiger partial charge is 0.259 e. The highest BCUT2D eigenvalue weighted by molar-refractivity contribution is 7.81. The van der Waals surface area contributed by atoms with Crippen molar-refractivity contribution in [3.8, 4) is 17.6 Å². The van der Waals surface area contributed by atoms with Crippen molar-refractivity contribution >= 4 is 34.6 Å². The molecule has 0 radical (unpaired) electrons. The number of methoxy groups -OCH3 is 1. The second-order valence-electron chi connectivity index (χ2n) is 6.55. The van der Waals surface area contributed by atoms with E-state index in [9.17, 15) is 9.18 Å². The van der Waals surface area contributed by atoms with Gasteiger partial charge in [-0.1, -0.05) is 0 Å². The summed E-state index contributed by atoms with van der Waals surface area (Å²) in [4.78, 5) is 20.5. The maximum absolute atomic E-state index is 14.2. The van der Waals surface area contributed by atoms with Crippen molar-refractivity contribution in [1.29, 1.82) is 5.26 Å². The predicted molar refractivity (Wildman–Crippen MR) is 106 cm³/mol. The van der Waals surface area contributed by atoms with Gasteiger partial charge in [-0.05, 0) is 50.3 Å². The van der Waals surface area contributed by atoms with Crippen molar-refractivity contribution < 1.29 is 18.8 Å².